The van der Waals surface area contributed by atoms with Crippen molar-refractivity contribution in [2.75, 3.05) is 0 Å². The maximum atomic E-state index is 11.4. The van der Waals surface area contributed by atoms with Crippen LogP contribution < -0.4 is 0 Å². The van der Waals surface area contributed by atoms with Crippen LogP contribution in [-0.4, -0.2) is 11.1 Å². The number of benzene rings is 2. The lowest BCUT2D eigenvalue weighted by Crippen LogP contribution is -1.99. The summed E-state index contributed by atoms with van der Waals surface area (Å²) in [4.78, 5) is 11.4. The Hall–Kier alpha value is -2.06. The summed E-state index contributed by atoms with van der Waals surface area (Å²) in [5, 5.41) is 9.95. The molecule has 0 atom stereocenters. The highest BCUT2D eigenvalue weighted by molar-refractivity contribution is 6.30. The first-order chi connectivity index (χ1) is 9.60. The van der Waals surface area contributed by atoms with Crippen LogP contribution in [0.2, 0.25) is 5.02 Å². The van der Waals surface area contributed by atoms with Crippen LogP contribution >= 0.6 is 11.6 Å². The molecular formula is C17H15ClO2. The number of hydrogen-bond donors (Lipinski definition) is 1. The summed E-state index contributed by atoms with van der Waals surface area (Å²) < 4.78 is 0. The van der Waals surface area contributed by atoms with Gasteiger partial charge in [-0.3, -0.25) is 0 Å². The monoisotopic (exact) mass is 286 g/mol. The molecule has 0 saturated carbocycles. The molecule has 102 valence electrons. The fraction of sp³-hybridized carbons (Fsp3) is 0.118. The number of rotatable bonds is 4. The largest absolute Gasteiger partial charge is 0.478 e. The molecule has 0 radical (unpaired) electrons. The normalized spacial score (nSPS) is 11.4. The Bertz CT molecular complexity index is 625. The highest BCUT2D eigenvalue weighted by Gasteiger charge is 2.10. The number of hydrogen-bond acceptors (Lipinski definition) is 1. The summed E-state index contributed by atoms with van der Waals surface area (Å²) >= 11 is 5.82. The zero-order valence-corrected chi connectivity index (χ0v) is 11.9. The van der Waals surface area contributed by atoms with Crippen molar-refractivity contribution in [2.24, 2.45) is 0 Å². The molecule has 2 nitrogen and oxygen atoms in total. The van der Waals surface area contributed by atoms with Crippen LogP contribution in [0.5, 0.6) is 0 Å². The summed E-state index contributed by atoms with van der Waals surface area (Å²) in [5.41, 5.74) is 2.99. The topological polar surface area (TPSA) is 37.3 Å². The smallest absolute Gasteiger partial charge is 0.336 e. The van der Waals surface area contributed by atoms with Crippen molar-refractivity contribution in [3.8, 4) is 0 Å². The Morgan fingerprint density at radius 1 is 1.10 bits per heavy atom. The van der Waals surface area contributed by atoms with Crippen LogP contribution in [0.1, 0.15) is 23.6 Å². The van der Waals surface area contributed by atoms with Gasteiger partial charge in [0.1, 0.15) is 0 Å². The van der Waals surface area contributed by atoms with Crippen molar-refractivity contribution in [3.05, 3.63) is 70.2 Å². The summed E-state index contributed by atoms with van der Waals surface area (Å²) in [6.07, 6.45) is 2.64. The van der Waals surface area contributed by atoms with E-state index in [1.165, 1.54) is 5.56 Å². The molecule has 0 aliphatic heterocycles. The molecule has 0 fully saturated rings. The summed E-state index contributed by atoms with van der Waals surface area (Å²) in [7, 11) is 0. The summed E-state index contributed by atoms with van der Waals surface area (Å²) in [5.74, 6) is -0.952. The van der Waals surface area contributed by atoms with E-state index in [4.69, 9.17) is 11.6 Å². The number of carbonyl (C=O) groups is 1. The average Bonchev–Trinajstić information content (AvgIpc) is 2.46. The molecule has 0 aliphatic carbocycles. The molecule has 2 aromatic carbocycles. The Morgan fingerprint density at radius 2 is 1.70 bits per heavy atom. The molecule has 2 aromatic rings. The summed E-state index contributed by atoms with van der Waals surface area (Å²) in [6.45, 7) is 2.08. The number of aliphatic carboxylic acids is 1. The number of aryl methyl sites for hydroxylation is 1. The average molecular weight is 287 g/mol. The number of carboxylic acids is 1. The fourth-order valence-corrected chi connectivity index (χ4v) is 2.04. The van der Waals surface area contributed by atoms with E-state index in [1.54, 1.807) is 30.3 Å². The minimum Gasteiger partial charge on any atom is -0.478 e. The standard InChI is InChI=1S/C17H15ClO2/c1-2-12-3-5-13(6-4-12)11-16(17(19)20)14-7-9-15(18)10-8-14/h3-11H,2H2,1H3,(H,19,20)/b16-11+. The lowest BCUT2D eigenvalue weighted by atomic mass is 10.0. The maximum absolute atomic E-state index is 11.4. The van der Waals surface area contributed by atoms with Crippen LogP contribution in [0.15, 0.2) is 48.5 Å². The lowest BCUT2D eigenvalue weighted by molar-refractivity contribution is -0.130. The highest BCUT2D eigenvalue weighted by atomic mass is 35.5. The zero-order valence-electron chi connectivity index (χ0n) is 11.1. The third-order valence-electron chi connectivity index (χ3n) is 3.08. The van der Waals surface area contributed by atoms with E-state index in [0.717, 1.165) is 12.0 Å². The molecule has 20 heavy (non-hydrogen) atoms. The first kappa shape index (κ1) is 14.4. The summed E-state index contributed by atoms with van der Waals surface area (Å²) in [6, 6.07) is 14.7. The molecule has 3 heteroatoms. The number of carboxylic acid groups (broad SMARTS) is 1. The second-order valence-corrected chi connectivity index (χ2v) is 4.90. The van der Waals surface area contributed by atoms with E-state index in [9.17, 15) is 9.90 Å². The fourth-order valence-electron chi connectivity index (χ4n) is 1.91. The SMILES string of the molecule is CCc1ccc(/C=C(/C(=O)O)c2ccc(Cl)cc2)cc1. The molecule has 0 unspecified atom stereocenters. The van der Waals surface area contributed by atoms with E-state index in [2.05, 4.69) is 6.92 Å². The second kappa shape index (κ2) is 6.40. The zero-order chi connectivity index (χ0) is 14.5. The van der Waals surface area contributed by atoms with E-state index in [-0.39, 0.29) is 5.57 Å². The van der Waals surface area contributed by atoms with Gasteiger partial charge in [-0.2, -0.15) is 0 Å². The van der Waals surface area contributed by atoms with Crippen molar-refractivity contribution in [2.45, 2.75) is 13.3 Å². The van der Waals surface area contributed by atoms with Gasteiger partial charge in [0.15, 0.2) is 0 Å². The van der Waals surface area contributed by atoms with Crippen LogP contribution in [0.4, 0.5) is 0 Å². The molecule has 2 rings (SSSR count). The van der Waals surface area contributed by atoms with Crippen molar-refractivity contribution >= 4 is 29.2 Å². The number of halogens is 1. The van der Waals surface area contributed by atoms with E-state index in [0.29, 0.717) is 10.6 Å². The predicted molar refractivity (Wildman–Crippen MR) is 82.8 cm³/mol. The minimum atomic E-state index is -0.952. The van der Waals surface area contributed by atoms with E-state index in [1.807, 2.05) is 24.3 Å². The van der Waals surface area contributed by atoms with Crippen molar-refractivity contribution in [1.82, 2.24) is 0 Å². The molecule has 0 amide bonds. The highest BCUT2D eigenvalue weighted by Crippen LogP contribution is 2.21. The van der Waals surface area contributed by atoms with Gasteiger partial charge in [-0.15, -0.1) is 0 Å². The van der Waals surface area contributed by atoms with E-state index >= 15 is 0 Å². The van der Waals surface area contributed by atoms with Gasteiger partial charge in [-0.1, -0.05) is 54.9 Å². The van der Waals surface area contributed by atoms with Gasteiger partial charge in [-0.05, 0) is 41.3 Å². The van der Waals surface area contributed by atoms with Gasteiger partial charge in [0.05, 0.1) is 5.57 Å². The Kier molecular flexibility index (Phi) is 4.59. The van der Waals surface area contributed by atoms with Gasteiger partial charge < -0.3 is 5.11 Å². The van der Waals surface area contributed by atoms with E-state index < -0.39 is 5.97 Å². The van der Waals surface area contributed by atoms with Gasteiger partial charge in [0.2, 0.25) is 0 Å². The van der Waals surface area contributed by atoms with Crippen molar-refractivity contribution in [1.29, 1.82) is 0 Å². The van der Waals surface area contributed by atoms with Gasteiger partial charge in [0, 0.05) is 5.02 Å². The van der Waals surface area contributed by atoms with Crippen LogP contribution in [-0.2, 0) is 11.2 Å². The molecular weight excluding hydrogens is 272 g/mol. The van der Waals surface area contributed by atoms with Crippen molar-refractivity contribution < 1.29 is 9.90 Å². The third-order valence-corrected chi connectivity index (χ3v) is 3.34. The van der Waals surface area contributed by atoms with Crippen LogP contribution in [0.25, 0.3) is 11.6 Å². The lowest BCUT2D eigenvalue weighted by Gasteiger charge is -2.04. The van der Waals surface area contributed by atoms with Gasteiger partial charge in [-0.25, -0.2) is 4.79 Å². The van der Waals surface area contributed by atoms with Crippen LogP contribution in [0.3, 0.4) is 0 Å². The molecule has 0 saturated heterocycles. The maximum Gasteiger partial charge on any atom is 0.336 e. The Balaban J connectivity index is 2.39. The van der Waals surface area contributed by atoms with Gasteiger partial charge in [0.25, 0.3) is 0 Å². The van der Waals surface area contributed by atoms with Gasteiger partial charge >= 0.3 is 5.97 Å². The molecule has 0 aromatic heterocycles. The van der Waals surface area contributed by atoms with Crippen molar-refractivity contribution in [3.63, 3.8) is 0 Å². The molecule has 0 aliphatic rings. The molecule has 0 heterocycles. The Morgan fingerprint density at radius 3 is 2.20 bits per heavy atom. The first-order valence-corrected chi connectivity index (χ1v) is 6.78. The molecule has 1 N–H and O–H groups in total. The molecule has 0 bridgehead atoms. The first-order valence-electron chi connectivity index (χ1n) is 6.40. The second-order valence-electron chi connectivity index (χ2n) is 4.47. The van der Waals surface area contributed by atoms with Crippen LogP contribution in [0, 0.1) is 0 Å². The Labute approximate surface area is 123 Å². The third kappa shape index (κ3) is 3.49. The molecule has 0 spiro atoms. The predicted octanol–water partition coefficient (Wildman–Crippen LogP) is 4.53. The quantitative estimate of drug-likeness (QED) is 0.662. The minimum absolute atomic E-state index is 0.255.